The highest BCUT2D eigenvalue weighted by Gasteiger charge is 2.16. The zero-order valence-corrected chi connectivity index (χ0v) is 18.3. The number of rotatable bonds is 10. The zero-order valence-electron chi connectivity index (χ0n) is 16.3. The first-order chi connectivity index (χ1) is 9.89. The van der Waals surface area contributed by atoms with E-state index in [1.54, 1.807) is 5.57 Å². The van der Waals surface area contributed by atoms with E-state index in [9.17, 15) is 0 Å². The molecule has 0 heterocycles. The number of allylic oxidation sites excluding steroid dienone is 5. The van der Waals surface area contributed by atoms with Crippen LogP contribution in [0.2, 0.25) is 45.3 Å². The number of hydrogen-bond acceptors (Lipinski definition) is 1. The molecule has 22 heavy (non-hydrogen) atoms. The van der Waals surface area contributed by atoms with Gasteiger partial charge < -0.3 is 4.43 Å². The van der Waals surface area contributed by atoms with Gasteiger partial charge in [0.15, 0.2) is 0 Å². The Kier molecular flexibility index (Phi) is 9.32. The van der Waals surface area contributed by atoms with Gasteiger partial charge >= 0.3 is 0 Å². The Morgan fingerprint density at radius 1 is 0.864 bits per heavy atom. The van der Waals surface area contributed by atoms with Crippen LogP contribution in [0.25, 0.3) is 0 Å². The van der Waals surface area contributed by atoms with E-state index in [0.717, 1.165) is 18.6 Å². The molecule has 0 saturated carbocycles. The molecule has 0 spiro atoms. The maximum absolute atomic E-state index is 5.89. The van der Waals surface area contributed by atoms with Crippen LogP contribution in [0.3, 0.4) is 0 Å². The summed E-state index contributed by atoms with van der Waals surface area (Å²) < 4.78 is 5.89. The molecule has 0 N–H and O–H groups in total. The van der Waals surface area contributed by atoms with Crippen LogP contribution in [-0.4, -0.2) is 16.4 Å². The fourth-order valence-electron chi connectivity index (χ4n) is 2.52. The molecule has 0 aliphatic carbocycles. The fraction of sp³-hybridized carbons (Fsp3) is 0.684. The van der Waals surface area contributed by atoms with Gasteiger partial charge in [0.25, 0.3) is 0 Å². The summed E-state index contributed by atoms with van der Waals surface area (Å²) in [6.45, 7) is 22.5. The predicted octanol–water partition coefficient (Wildman–Crippen LogP) is 7.14. The molecule has 0 bridgehead atoms. The van der Waals surface area contributed by atoms with E-state index in [-0.39, 0.29) is 0 Å². The first-order valence-electron chi connectivity index (χ1n) is 8.57. The lowest BCUT2D eigenvalue weighted by Crippen LogP contribution is -2.24. The average molecular weight is 339 g/mol. The van der Waals surface area contributed by atoms with Crippen LogP contribution < -0.4 is 0 Å². The summed E-state index contributed by atoms with van der Waals surface area (Å²) in [6.07, 6.45) is 9.12. The average Bonchev–Trinajstić information content (AvgIpc) is 2.23. The van der Waals surface area contributed by atoms with Crippen molar-refractivity contribution in [3.8, 4) is 0 Å². The summed E-state index contributed by atoms with van der Waals surface area (Å²) in [5.41, 5.74) is 3.06. The molecule has 0 unspecified atom stereocenters. The molecule has 0 rings (SSSR count). The third-order valence-corrected chi connectivity index (χ3v) is 5.73. The molecule has 0 radical (unpaired) electrons. The van der Waals surface area contributed by atoms with Gasteiger partial charge in [-0.3, -0.25) is 0 Å². The highest BCUT2D eigenvalue weighted by Crippen LogP contribution is 2.18. The van der Waals surface area contributed by atoms with Crippen LogP contribution in [0, 0.1) is 0 Å². The highest BCUT2D eigenvalue weighted by atomic mass is 28.4. The van der Waals surface area contributed by atoms with E-state index >= 15 is 0 Å². The normalized spacial score (nSPS) is 14.2. The summed E-state index contributed by atoms with van der Waals surface area (Å²) in [4.78, 5) is 0. The Morgan fingerprint density at radius 2 is 1.36 bits per heavy atom. The molecule has 0 fully saturated rings. The Hall–Kier alpha value is -0.546. The van der Waals surface area contributed by atoms with E-state index in [0.29, 0.717) is 0 Å². The minimum atomic E-state index is -1.48. The van der Waals surface area contributed by atoms with E-state index in [2.05, 4.69) is 71.9 Å². The smallest absolute Gasteiger partial charge is 0.241 e. The topological polar surface area (TPSA) is 9.23 Å². The van der Waals surface area contributed by atoms with E-state index in [1.165, 1.54) is 24.5 Å². The molecule has 1 nitrogen and oxygen atoms in total. The van der Waals surface area contributed by atoms with E-state index in [4.69, 9.17) is 4.43 Å². The van der Waals surface area contributed by atoms with Crippen molar-refractivity contribution >= 4 is 16.4 Å². The van der Waals surface area contributed by atoms with Crippen LogP contribution in [0.15, 0.2) is 35.6 Å². The highest BCUT2D eigenvalue weighted by molar-refractivity contribution is 6.76. The van der Waals surface area contributed by atoms with Crippen molar-refractivity contribution in [2.75, 3.05) is 0 Å². The van der Waals surface area contributed by atoms with Gasteiger partial charge in [-0.15, -0.1) is 0 Å². The van der Waals surface area contributed by atoms with Gasteiger partial charge in [-0.1, -0.05) is 49.5 Å². The van der Waals surface area contributed by atoms with E-state index < -0.39 is 16.4 Å². The third kappa shape index (κ3) is 14.4. The van der Waals surface area contributed by atoms with Crippen LogP contribution in [0.5, 0.6) is 0 Å². The molecule has 3 heteroatoms. The standard InChI is InChI=1S/C19H38OSi2/c1-17(12-10-14-18(2)16-21(4,5)6)13-11-15-19(3)20-22(7,8)9/h13-14H,3,10-12,15-16H2,1-2,4-9H3/b17-13+,18-14?. The minimum absolute atomic E-state index is 0.950. The largest absolute Gasteiger partial charge is 0.548 e. The Bertz CT molecular complexity index is 406. The van der Waals surface area contributed by atoms with Gasteiger partial charge in [0.2, 0.25) is 8.32 Å². The molecule has 128 valence electrons. The minimum Gasteiger partial charge on any atom is -0.548 e. The van der Waals surface area contributed by atoms with Gasteiger partial charge in [-0.25, -0.2) is 0 Å². The zero-order chi connectivity index (χ0) is 17.4. The second-order valence-electron chi connectivity index (χ2n) is 8.67. The number of hydrogen-bond donors (Lipinski definition) is 0. The predicted molar refractivity (Wildman–Crippen MR) is 108 cm³/mol. The Balaban J connectivity index is 4.05. The summed E-state index contributed by atoms with van der Waals surface area (Å²) in [5, 5.41) is 0. The van der Waals surface area contributed by atoms with Gasteiger partial charge in [-0.05, 0) is 58.8 Å². The second kappa shape index (κ2) is 9.56. The van der Waals surface area contributed by atoms with Crippen LogP contribution in [0.1, 0.15) is 39.5 Å². The van der Waals surface area contributed by atoms with Crippen molar-refractivity contribution in [2.24, 2.45) is 0 Å². The second-order valence-corrected chi connectivity index (χ2v) is 18.6. The van der Waals surface area contributed by atoms with Crippen molar-refractivity contribution < 1.29 is 4.43 Å². The van der Waals surface area contributed by atoms with Crippen molar-refractivity contribution in [3.63, 3.8) is 0 Å². The molecule has 0 aromatic heterocycles. The maximum Gasteiger partial charge on any atom is 0.241 e. The SMILES string of the molecule is C=C(CC/C=C(\C)CCC=C(C)C[Si](C)(C)C)O[Si](C)(C)C. The van der Waals surface area contributed by atoms with Gasteiger partial charge in [-0.2, -0.15) is 0 Å². The summed E-state index contributed by atoms with van der Waals surface area (Å²) in [7, 11) is -2.43. The first-order valence-corrected chi connectivity index (χ1v) is 15.7. The van der Waals surface area contributed by atoms with Gasteiger partial charge in [0, 0.05) is 14.5 Å². The lowest BCUT2D eigenvalue weighted by Gasteiger charge is -2.20. The van der Waals surface area contributed by atoms with Crippen LogP contribution in [-0.2, 0) is 4.43 Å². The molecule has 0 aromatic carbocycles. The first kappa shape index (κ1) is 21.5. The Labute approximate surface area is 141 Å². The van der Waals surface area contributed by atoms with Crippen molar-refractivity contribution in [1.82, 2.24) is 0 Å². The van der Waals surface area contributed by atoms with Crippen LogP contribution >= 0.6 is 0 Å². The lowest BCUT2D eigenvalue weighted by molar-refractivity contribution is 0.403. The molecule has 0 amide bonds. The molecule has 0 aromatic rings. The molecular formula is C19H38OSi2. The molecule has 0 atom stereocenters. The van der Waals surface area contributed by atoms with Crippen LogP contribution in [0.4, 0.5) is 0 Å². The van der Waals surface area contributed by atoms with Crippen molar-refractivity contribution in [1.29, 1.82) is 0 Å². The van der Waals surface area contributed by atoms with Gasteiger partial charge in [0.1, 0.15) is 0 Å². The third-order valence-electron chi connectivity index (χ3n) is 3.21. The fourth-order valence-corrected chi connectivity index (χ4v) is 5.31. The van der Waals surface area contributed by atoms with Crippen molar-refractivity contribution in [2.45, 2.75) is 84.9 Å². The quantitative estimate of drug-likeness (QED) is 0.233. The molecule has 0 aliphatic heterocycles. The summed E-state index contributed by atoms with van der Waals surface area (Å²) in [5.74, 6) is 0.953. The molecule has 0 saturated heterocycles. The van der Waals surface area contributed by atoms with Gasteiger partial charge in [0.05, 0.1) is 5.76 Å². The maximum atomic E-state index is 5.89. The van der Waals surface area contributed by atoms with E-state index in [1.807, 2.05) is 0 Å². The summed E-state index contributed by atoms with van der Waals surface area (Å²) in [6, 6.07) is 1.32. The Morgan fingerprint density at radius 3 is 1.86 bits per heavy atom. The molecular weight excluding hydrogens is 300 g/mol. The monoisotopic (exact) mass is 338 g/mol. The summed E-state index contributed by atoms with van der Waals surface area (Å²) >= 11 is 0. The molecule has 0 aliphatic rings. The van der Waals surface area contributed by atoms with Crippen molar-refractivity contribution in [3.05, 3.63) is 35.6 Å². The lowest BCUT2D eigenvalue weighted by atomic mass is 10.1.